The molecule has 0 amide bonds. The summed E-state index contributed by atoms with van der Waals surface area (Å²) in [6.07, 6.45) is 1.01. The van der Waals surface area contributed by atoms with Gasteiger partial charge in [-0.15, -0.1) is 0 Å². The second-order valence-corrected chi connectivity index (χ2v) is 5.71. The van der Waals surface area contributed by atoms with E-state index in [-0.39, 0.29) is 12.2 Å². The fourth-order valence-electron chi connectivity index (χ4n) is 2.61. The fraction of sp³-hybridized carbons (Fsp3) is 0.600. The van der Waals surface area contributed by atoms with Gasteiger partial charge in [-0.3, -0.25) is 4.90 Å². The van der Waals surface area contributed by atoms with Crippen LogP contribution in [0.15, 0.2) is 30.3 Å². The Morgan fingerprint density at radius 1 is 1.33 bits per heavy atom. The van der Waals surface area contributed by atoms with E-state index in [0.29, 0.717) is 12.6 Å². The van der Waals surface area contributed by atoms with Gasteiger partial charge >= 0.3 is 0 Å². The quantitative estimate of drug-likeness (QED) is 0.881. The molecule has 1 aromatic carbocycles. The van der Waals surface area contributed by atoms with Gasteiger partial charge in [0.2, 0.25) is 0 Å². The van der Waals surface area contributed by atoms with Crippen LogP contribution in [0.4, 0.5) is 4.39 Å². The van der Waals surface area contributed by atoms with Crippen LogP contribution in [0.25, 0.3) is 0 Å². The number of hydrogen-bond acceptors (Lipinski definition) is 2. The van der Waals surface area contributed by atoms with E-state index in [4.69, 9.17) is 0 Å². The van der Waals surface area contributed by atoms with Crippen molar-refractivity contribution in [2.24, 2.45) is 0 Å². The normalized spacial score (nSPS) is 24.1. The number of alkyl halides is 1. The SMILES string of the molecule is CC1(C)CNC(Cc2ccccc2)CN1CCF. The molecule has 100 valence electrons. The molecular formula is C15H23FN2. The van der Waals surface area contributed by atoms with Gasteiger partial charge < -0.3 is 5.32 Å². The Balaban J connectivity index is 1.96. The standard InChI is InChI=1S/C15H23FN2/c1-15(2)12-17-14(11-18(15)9-8-16)10-13-6-4-3-5-7-13/h3-7,14,17H,8-12H2,1-2H3. The van der Waals surface area contributed by atoms with Crippen molar-refractivity contribution in [3.8, 4) is 0 Å². The van der Waals surface area contributed by atoms with Gasteiger partial charge in [-0.2, -0.15) is 0 Å². The van der Waals surface area contributed by atoms with E-state index < -0.39 is 0 Å². The zero-order valence-electron chi connectivity index (χ0n) is 11.3. The summed E-state index contributed by atoms with van der Waals surface area (Å²) in [6.45, 7) is 6.47. The van der Waals surface area contributed by atoms with E-state index in [1.807, 2.05) is 6.07 Å². The van der Waals surface area contributed by atoms with E-state index >= 15 is 0 Å². The predicted molar refractivity (Wildman–Crippen MR) is 73.6 cm³/mol. The van der Waals surface area contributed by atoms with Crippen molar-refractivity contribution in [1.29, 1.82) is 0 Å². The lowest BCUT2D eigenvalue weighted by Gasteiger charge is -2.46. The lowest BCUT2D eigenvalue weighted by atomic mass is 9.95. The summed E-state index contributed by atoms with van der Waals surface area (Å²) in [5, 5.41) is 3.58. The zero-order valence-corrected chi connectivity index (χ0v) is 11.3. The number of nitrogens with zero attached hydrogens (tertiary/aromatic N) is 1. The topological polar surface area (TPSA) is 15.3 Å². The molecule has 0 aliphatic carbocycles. The Kier molecular flexibility index (Phi) is 4.36. The molecule has 1 aromatic rings. The van der Waals surface area contributed by atoms with E-state index in [2.05, 4.69) is 48.3 Å². The minimum atomic E-state index is -0.262. The molecule has 0 spiro atoms. The largest absolute Gasteiger partial charge is 0.311 e. The highest BCUT2D eigenvalue weighted by Gasteiger charge is 2.33. The molecule has 1 aliphatic rings. The highest BCUT2D eigenvalue weighted by Crippen LogP contribution is 2.19. The van der Waals surface area contributed by atoms with Gasteiger partial charge in [0.25, 0.3) is 0 Å². The first kappa shape index (κ1) is 13.5. The first-order valence-electron chi connectivity index (χ1n) is 6.70. The highest BCUT2D eigenvalue weighted by atomic mass is 19.1. The number of hydrogen-bond donors (Lipinski definition) is 1. The molecule has 1 fully saturated rings. The maximum Gasteiger partial charge on any atom is 0.102 e. The molecule has 2 nitrogen and oxygen atoms in total. The van der Waals surface area contributed by atoms with Gasteiger partial charge in [-0.25, -0.2) is 4.39 Å². The van der Waals surface area contributed by atoms with Crippen LogP contribution >= 0.6 is 0 Å². The maximum atomic E-state index is 12.6. The highest BCUT2D eigenvalue weighted by molar-refractivity contribution is 5.16. The monoisotopic (exact) mass is 250 g/mol. The molecule has 0 aromatic heterocycles. The summed E-state index contributed by atoms with van der Waals surface area (Å²) in [5.74, 6) is 0. The van der Waals surface area contributed by atoms with Gasteiger partial charge in [-0.1, -0.05) is 30.3 Å². The number of nitrogens with one attached hydrogen (secondary N) is 1. The molecule has 1 saturated heterocycles. The minimum absolute atomic E-state index is 0.0548. The molecule has 1 heterocycles. The molecule has 3 heteroatoms. The van der Waals surface area contributed by atoms with E-state index in [9.17, 15) is 4.39 Å². The second-order valence-electron chi connectivity index (χ2n) is 5.71. The van der Waals surface area contributed by atoms with Crippen molar-refractivity contribution in [2.45, 2.75) is 31.8 Å². The average Bonchev–Trinajstić information content (AvgIpc) is 2.35. The molecular weight excluding hydrogens is 227 g/mol. The van der Waals surface area contributed by atoms with Crippen LogP contribution in [0.2, 0.25) is 0 Å². The summed E-state index contributed by atoms with van der Waals surface area (Å²) >= 11 is 0. The number of piperazine rings is 1. The Morgan fingerprint density at radius 2 is 2.06 bits per heavy atom. The van der Waals surface area contributed by atoms with Gasteiger partial charge in [0.05, 0.1) is 0 Å². The van der Waals surface area contributed by atoms with E-state index in [0.717, 1.165) is 19.5 Å². The van der Waals surface area contributed by atoms with Crippen molar-refractivity contribution < 1.29 is 4.39 Å². The Morgan fingerprint density at radius 3 is 2.72 bits per heavy atom. The second kappa shape index (κ2) is 5.81. The predicted octanol–water partition coefficient (Wildman–Crippen LogP) is 2.25. The van der Waals surface area contributed by atoms with E-state index in [1.54, 1.807) is 0 Å². The van der Waals surface area contributed by atoms with Crippen LogP contribution < -0.4 is 5.32 Å². The Bertz CT molecular complexity index is 364. The lowest BCUT2D eigenvalue weighted by Crippen LogP contribution is -2.62. The Hall–Kier alpha value is -0.930. The molecule has 2 rings (SSSR count). The first-order valence-corrected chi connectivity index (χ1v) is 6.70. The van der Waals surface area contributed by atoms with Gasteiger partial charge in [-0.05, 0) is 25.8 Å². The summed E-state index contributed by atoms with van der Waals surface area (Å²) in [5.41, 5.74) is 1.40. The lowest BCUT2D eigenvalue weighted by molar-refractivity contribution is 0.0603. The fourth-order valence-corrected chi connectivity index (χ4v) is 2.61. The molecule has 18 heavy (non-hydrogen) atoms. The van der Waals surface area contributed by atoms with Crippen molar-refractivity contribution in [2.75, 3.05) is 26.3 Å². The third-order valence-electron chi connectivity index (χ3n) is 3.80. The Labute approximate surface area is 109 Å². The molecule has 1 unspecified atom stereocenters. The third-order valence-corrected chi connectivity index (χ3v) is 3.80. The van der Waals surface area contributed by atoms with Crippen molar-refractivity contribution >= 4 is 0 Å². The summed E-state index contributed by atoms with van der Waals surface area (Å²) < 4.78 is 12.6. The third kappa shape index (κ3) is 3.30. The number of halogens is 1. The zero-order chi connectivity index (χ0) is 13.0. The smallest absolute Gasteiger partial charge is 0.102 e. The van der Waals surface area contributed by atoms with Crippen molar-refractivity contribution in [3.05, 3.63) is 35.9 Å². The van der Waals surface area contributed by atoms with Crippen LogP contribution in [0.5, 0.6) is 0 Å². The first-order chi connectivity index (χ1) is 8.62. The molecule has 0 radical (unpaired) electrons. The van der Waals surface area contributed by atoms with Crippen LogP contribution in [-0.4, -0.2) is 42.8 Å². The number of rotatable bonds is 4. The van der Waals surface area contributed by atoms with Crippen molar-refractivity contribution in [3.63, 3.8) is 0 Å². The van der Waals surface area contributed by atoms with Crippen LogP contribution in [0.3, 0.4) is 0 Å². The van der Waals surface area contributed by atoms with Gasteiger partial charge in [0.15, 0.2) is 0 Å². The van der Waals surface area contributed by atoms with E-state index in [1.165, 1.54) is 5.56 Å². The average molecular weight is 250 g/mol. The van der Waals surface area contributed by atoms with Crippen LogP contribution in [-0.2, 0) is 6.42 Å². The van der Waals surface area contributed by atoms with Crippen LogP contribution in [0, 0.1) is 0 Å². The summed E-state index contributed by atoms with van der Waals surface area (Å²) in [7, 11) is 0. The van der Waals surface area contributed by atoms with Gasteiger partial charge in [0, 0.05) is 31.2 Å². The van der Waals surface area contributed by atoms with Crippen molar-refractivity contribution in [1.82, 2.24) is 10.2 Å². The summed E-state index contributed by atoms with van der Waals surface area (Å²) in [6, 6.07) is 10.9. The minimum Gasteiger partial charge on any atom is -0.311 e. The molecule has 0 bridgehead atoms. The molecule has 0 saturated carbocycles. The van der Waals surface area contributed by atoms with Gasteiger partial charge in [0.1, 0.15) is 6.67 Å². The molecule has 1 aliphatic heterocycles. The summed E-state index contributed by atoms with van der Waals surface area (Å²) in [4.78, 5) is 2.26. The molecule has 1 atom stereocenters. The number of benzene rings is 1. The molecule has 1 N–H and O–H groups in total. The maximum absolute atomic E-state index is 12.6. The van der Waals surface area contributed by atoms with Crippen LogP contribution in [0.1, 0.15) is 19.4 Å².